The van der Waals surface area contributed by atoms with Crippen LogP contribution < -0.4 is 11.1 Å². The first-order chi connectivity index (χ1) is 21.5. The number of hydrogen-bond donors (Lipinski definition) is 4. The molecule has 0 bridgehead atoms. The smallest absolute Gasteiger partial charge is 0.353 e. The molecule has 4 saturated heterocycles. The summed E-state index contributed by atoms with van der Waals surface area (Å²) in [5.41, 5.74) is 5.58. The number of aldehydes is 1. The molecule has 3 amide bonds. The normalized spacial score (nSPS) is 28.4. The summed E-state index contributed by atoms with van der Waals surface area (Å²) in [5, 5.41) is 22.9. The van der Waals surface area contributed by atoms with Crippen molar-refractivity contribution in [2.45, 2.75) is 63.3 Å². The number of nitrogens with two attached hydrogens (primary N) is 1. The van der Waals surface area contributed by atoms with Gasteiger partial charge in [-0.3, -0.25) is 14.4 Å². The third-order valence-corrected chi connectivity index (χ3v) is 11.4. The number of β-lactam (4-membered cyclic amide) rings is 1. The Morgan fingerprint density at radius 3 is 2.22 bits per heavy atom. The summed E-state index contributed by atoms with van der Waals surface area (Å²) in [6, 6.07) is -0.255. The highest BCUT2D eigenvalue weighted by molar-refractivity contribution is 8.03. The van der Waals surface area contributed by atoms with Crippen LogP contribution in [0.25, 0.3) is 0 Å². The quantitative estimate of drug-likeness (QED) is 0.182. The maximum atomic E-state index is 12.5. The lowest BCUT2D eigenvalue weighted by molar-refractivity contribution is -0.163. The van der Waals surface area contributed by atoms with E-state index in [-0.39, 0.29) is 47.8 Å². The zero-order chi connectivity index (χ0) is 32.8. The minimum absolute atomic E-state index is 0.0234. The van der Waals surface area contributed by atoms with E-state index in [1.165, 1.54) is 4.90 Å². The van der Waals surface area contributed by atoms with Crippen LogP contribution in [0.1, 0.15) is 46.0 Å². The number of aliphatic hydroxyl groups excluding tert-OH is 1. The fourth-order valence-corrected chi connectivity index (χ4v) is 8.84. The largest absolute Gasteiger partial charge is 0.477 e. The van der Waals surface area contributed by atoms with Crippen LogP contribution >= 0.6 is 11.8 Å². The first-order valence-corrected chi connectivity index (χ1v) is 17.1. The molecule has 0 unspecified atom stereocenters. The van der Waals surface area contributed by atoms with Gasteiger partial charge in [0.2, 0.25) is 17.7 Å². The van der Waals surface area contributed by atoms with Crippen LogP contribution in [0.15, 0.2) is 10.6 Å². The number of carbonyl (C=O) groups excluding carboxylic acids is 4. The summed E-state index contributed by atoms with van der Waals surface area (Å²) in [6.45, 7) is 9.91. The molecule has 0 aliphatic carbocycles. The summed E-state index contributed by atoms with van der Waals surface area (Å²) >= 11 is 1.61. The number of amides is 3. The number of fused-ring (bicyclic) bond motifs is 1. The number of likely N-dealkylation sites (N-methyl/N-ethyl adjacent to an activating group) is 1. The van der Waals surface area contributed by atoms with Crippen molar-refractivity contribution in [3.8, 4) is 0 Å². The topological polar surface area (TPSA) is 177 Å². The van der Waals surface area contributed by atoms with Crippen LogP contribution in [0.5, 0.6) is 0 Å². The summed E-state index contributed by atoms with van der Waals surface area (Å²) in [6.07, 6.45) is 4.82. The second-order valence-corrected chi connectivity index (χ2v) is 14.3. The average molecular weight is 651 g/mol. The van der Waals surface area contributed by atoms with Gasteiger partial charge in [-0.25, -0.2) is 4.79 Å². The Balaban J connectivity index is 0.000000297. The van der Waals surface area contributed by atoms with Crippen molar-refractivity contribution < 1.29 is 34.2 Å². The minimum Gasteiger partial charge on any atom is -0.477 e. The molecule has 0 aromatic carbocycles. The number of carboxylic acid groups (broad SMARTS) is 1. The van der Waals surface area contributed by atoms with E-state index < -0.39 is 18.0 Å². The van der Waals surface area contributed by atoms with Crippen molar-refractivity contribution >= 4 is 41.7 Å². The van der Waals surface area contributed by atoms with E-state index in [1.807, 2.05) is 16.7 Å². The molecule has 0 saturated carbocycles. The predicted molar refractivity (Wildman–Crippen MR) is 170 cm³/mol. The summed E-state index contributed by atoms with van der Waals surface area (Å²) in [7, 11) is 1.76. The molecular formula is C31H50N6O7S. The lowest BCUT2D eigenvalue weighted by atomic mass is 9.79. The second-order valence-electron chi connectivity index (χ2n) is 13.0. The summed E-state index contributed by atoms with van der Waals surface area (Å²) in [4.78, 5) is 66.4. The second kappa shape index (κ2) is 15.9. The molecule has 252 valence electrons. The molecule has 5 aliphatic heterocycles. The first-order valence-electron chi connectivity index (χ1n) is 16.2. The Bertz CT molecular complexity index is 1140. The van der Waals surface area contributed by atoms with Gasteiger partial charge in [0.1, 0.15) is 12.0 Å². The van der Waals surface area contributed by atoms with E-state index >= 15 is 0 Å². The van der Waals surface area contributed by atoms with Crippen molar-refractivity contribution in [2.24, 2.45) is 29.4 Å². The highest BCUT2D eigenvalue weighted by Crippen LogP contribution is 2.52. The number of nitrogens with zero attached hydrogens (tertiary/aromatic N) is 4. The number of rotatable bonds is 10. The van der Waals surface area contributed by atoms with Gasteiger partial charge >= 0.3 is 5.97 Å². The van der Waals surface area contributed by atoms with Crippen LogP contribution in [0.3, 0.4) is 0 Å². The zero-order valence-electron chi connectivity index (χ0n) is 26.7. The molecule has 14 heteroatoms. The number of nitrogens with one attached hydrogen (secondary N) is 1. The number of piperidine rings is 2. The van der Waals surface area contributed by atoms with Gasteiger partial charge in [0.15, 0.2) is 0 Å². The van der Waals surface area contributed by atoms with E-state index in [1.54, 1.807) is 25.7 Å². The Kier molecular flexibility index (Phi) is 12.4. The highest BCUT2D eigenvalue weighted by Gasteiger charge is 2.60. The number of thioether (sulfide) groups is 1. The number of aliphatic carboxylic acids is 1. The van der Waals surface area contributed by atoms with E-state index in [0.717, 1.165) is 89.1 Å². The number of carboxylic acids is 1. The highest BCUT2D eigenvalue weighted by atomic mass is 32.2. The summed E-state index contributed by atoms with van der Waals surface area (Å²) < 4.78 is 0. The molecule has 5 rings (SSSR count). The molecule has 13 nitrogen and oxygen atoms in total. The predicted octanol–water partition coefficient (Wildman–Crippen LogP) is -0.212. The van der Waals surface area contributed by atoms with Gasteiger partial charge in [0.25, 0.3) is 0 Å². The molecule has 5 atom stereocenters. The van der Waals surface area contributed by atoms with E-state index in [0.29, 0.717) is 17.7 Å². The number of carbonyl (C=O) groups is 5. The van der Waals surface area contributed by atoms with Gasteiger partial charge in [-0.15, -0.1) is 11.8 Å². The van der Waals surface area contributed by atoms with E-state index in [9.17, 15) is 34.2 Å². The maximum Gasteiger partial charge on any atom is 0.353 e. The number of aliphatic hydroxyl groups is 1. The maximum absolute atomic E-state index is 12.5. The molecule has 5 heterocycles. The third kappa shape index (κ3) is 8.07. The first kappa shape index (κ1) is 35.3. The Hall–Kier alpha value is -2.52. The number of likely N-dealkylation sites (tertiary alicyclic amines) is 3. The molecule has 0 radical (unpaired) electrons. The van der Waals surface area contributed by atoms with Crippen molar-refractivity contribution in [1.82, 2.24) is 24.9 Å². The van der Waals surface area contributed by atoms with Gasteiger partial charge in [-0.2, -0.15) is 0 Å². The fourth-order valence-electron chi connectivity index (χ4n) is 7.32. The molecular weight excluding hydrogens is 600 g/mol. The Labute approximate surface area is 269 Å². The fraction of sp³-hybridized carbons (Fsp3) is 0.774. The lowest BCUT2D eigenvalue weighted by Gasteiger charge is -2.46. The average Bonchev–Trinajstić information content (AvgIpc) is 3.57. The Morgan fingerprint density at radius 2 is 1.67 bits per heavy atom. The van der Waals surface area contributed by atoms with Crippen LogP contribution in [0.4, 0.5) is 0 Å². The molecule has 5 N–H and O–H groups in total. The Morgan fingerprint density at radius 1 is 1.04 bits per heavy atom. The van der Waals surface area contributed by atoms with Crippen LogP contribution in [0.2, 0.25) is 0 Å². The zero-order valence-corrected chi connectivity index (χ0v) is 27.5. The van der Waals surface area contributed by atoms with Gasteiger partial charge < -0.3 is 45.7 Å². The van der Waals surface area contributed by atoms with Gasteiger partial charge in [-0.1, -0.05) is 6.92 Å². The van der Waals surface area contributed by atoms with E-state index in [4.69, 9.17) is 5.73 Å². The van der Waals surface area contributed by atoms with Crippen molar-refractivity contribution in [1.29, 1.82) is 0 Å². The van der Waals surface area contributed by atoms with Gasteiger partial charge in [-0.05, 0) is 58.5 Å². The molecule has 5 aliphatic rings. The van der Waals surface area contributed by atoms with Gasteiger partial charge in [0, 0.05) is 61.3 Å². The van der Waals surface area contributed by atoms with Crippen LogP contribution in [-0.2, 0) is 24.0 Å². The van der Waals surface area contributed by atoms with E-state index in [2.05, 4.69) is 10.2 Å². The molecule has 4 fully saturated rings. The SMILES string of the molecule is CNCC(=O)N1CCC(C=O)CC1.C[C@@H](O)[C@H]1C(=O)N2C(C(=O)O)=C(S[C@@H]3CCN(CC4CCN(C(=O)CN)CC4)C3)[C@H](C)[C@H]12. The standard InChI is InChI=1S/C22H34N4O5S.C9H16N2O2/c1-12-18-17(13(2)27)21(29)26(18)19(22(30)31)20(12)32-15-5-6-24(11-15)10-14-3-7-25(8-4-14)16(28)9-23;1-10-6-9(13)11-4-2-8(7-12)3-5-11/h12-15,17-18,27H,3-11,23H2,1-2H3,(H,30,31);7-8,10H,2-6H2,1H3/t12-,13-,15-,17-,18-;/m1./s1. The molecule has 0 aromatic rings. The molecule has 0 spiro atoms. The van der Waals surface area contributed by atoms with Crippen molar-refractivity contribution in [3.63, 3.8) is 0 Å². The van der Waals surface area contributed by atoms with Crippen molar-refractivity contribution in [2.75, 3.05) is 66.0 Å². The van der Waals surface area contributed by atoms with Crippen LogP contribution in [0, 0.1) is 23.7 Å². The minimum atomic E-state index is -1.06. The lowest BCUT2D eigenvalue weighted by Crippen LogP contribution is -2.63. The monoisotopic (exact) mass is 650 g/mol. The number of hydrogen-bond acceptors (Lipinski definition) is 10. The van der Waals surface area contributed by atoms with Gasteiger partial charge in [0.05, 0.1) is 31.2 Å². The van der Waals surface area contributed by atoms with Crippen LogP contribution in [-0.4, -0.2) is 143 Å². The van der Waals surface area contributed by atoms with Crippen molar-refractivity contribution in [3.05, 3.63) is 10.6 Å². The molecule has 0 aromatic heterocycles. The molecule has 45 heavy (non-hydrogen) atoms. The third-order valence-electron chi connectivity index (χ3n) is 9.90. The summed E-state index contributed by atoms with van der Waals surface area (Å²) in [5.74, 6) is -1.06.